The lowest BCUT2D eigenvalue weighted by molar-refractivity contribution is -0.265. The minimum absolute atomic E-state index is 0.284. The number of esters is 1. The molecule has 1 aromatic rings. The third-order valence-electron chi connectivity index (χ3n) is 6.60. The number of hydrogen-bond acceptors (Lipinski definition) is 7. The molecule has 7 nitrogen and oxygen atoms in total. The zero-order valence-corrected chi connectivity index (χ0v) is 22.4. The summed E-state index contributed by atoms with van der Waals surface area (Å²) in [6.07, 6.45) is 0.489. The van der Waals surface area contributed by atoms with E-state index in [0.29, 0.717) is 38.5 Å². The van der Waals surface area contributed by atoms with Crippen molar-refractivity contribution in [3.8, 4) is 0 Å². The van der Waals surface area contributed by atoms with Crippen molar-refractivity contribution >= 4 is 21.9 Å². The first-order valence-corrected chi connectivity index (χ1v) is 12.3. The molecule has 0 aromatic heterocycles. The summed E-state index contributed by atoms with van der Waals surface area (Å²) < 4.78 is 18.5. The van der Waals surface area contributed by atoms with Crippen molar-refractivity contribution in [2.24, 2.45) is 16.7 Å². The Morgan fingerprint density at radius 3 is 2.30 bits per heavy atom. The number of nitrogens with zero attached hydrogens (tertiary/aromatic N) is 1. The predicted octanol–water partition coefficient (Wildman–Crippen LogP) is 3.25. The SMILES string of the molecule is CO.COC(=O)C1(CN(C)CC(C)C)CC2(CC(C)(Cc3ccc(Br)cc3)C1O)OCCO2. The molecule has 3 unspecified atom stereocenters. The second-order valence-electron chi connectivity index (χ2n) is 10.1. The number of hydrogen-bond donors (Lipinski definition) is 2. The van der Waals surface area contributed by atoms with Crippen molar-refractivity contribution in [3.63, 3.8) is 0 Å². The number of ether oxygens (including phenoxy) is 3. The van der Waals surface area contributed by atoms with Crippen molar-refractivity contribution in [1.82, 2.24) is 4.90 Å². The van der Waals surface area contributed by atoms with Gasteiger partial charge in [0, 0.05) is 42.9 Å². The van der Waals surface area contributed by atoms with Crippen molar-refractivity contribution in [2.45, 2.75) is 51.9 Å². The van der Waals surface area contributed by atoms with Gasteiger partial charge in [-0.2, -0.15) is 0 Å². The van der Waals surface area contributed by atoms with E-state index >= 15 is 0 Å². The number of aliphatic hydroxyl groups is 2. The van der Waals surface area contributed by atoms with E-state index in [4.69, 9.17) is 19.3 Å². The third kappa shape index (κ3) is 6.35. The van der Waals surface area contributed by atoms with Gasteiger partial charge >= 0.3 is 5.97 Å². The van der Waals surface area contributed by atoms with Gasteiger partial charge in [0.15, 0.2) is 5.79 Å². The van der Waals surface area contributed by atoms with E-state index in [1.54, 1.807) is 0 Å². The highest BCUT2D eigenvalue weighted by molar-refractivity contribution is 9.10. The van der Waals surface area contributed by atoms with Crippen molar-refractivity contribution in [2.75, 3.05) is 47.6 Å². The van der Waals surface area contributed by atoms with Crippen LogP contribution in [0.3, 0.4) is 0 Å². The summed E-state index contributed by atoms with van der Waals surface area (Å²) in [5.41, 5.74) is -0.692. The first kappa shape index (κ1) is 28.2. The fourth-order valence-electron chi connectivity index (χ4n) is 5.71. The summed E-state index contributed by atoms with van der Waals surface area (Å²) in [7, 11) is 4.38. The monoisotopic (exact) mass is 529 g/mol. The van der Waals surface area contributed by atoms with Gasteiger partial charge in [-0.05, 0) is 37.1 Å². The Kier molecular flexibility index (Phi) is 9.92. The maximum atomic E-state index is 13.3. The predicted molar refractivity (Wildman–Crippen MR) is 131 cm³/mol. The largest absolute Gasteiger partial charge is 0.468 e. The molecule has 2 fully saturated rings. The lowest BCUT2D eigenvalue weighted by Crippen LogP contribution is -2.65. The van der Waals surface area contributed by atoms with Crippen LogP contribution in [0.15, 0.2) is 28.7 Å². The molecule has 1 spiro atoms. The number of halogens is 1. The molecule has 2 aliphatic rings. The van der Waals surface area contributed by atoms with Crippen LogP contribution in [-0.2, 0) is 25.4 Å². The summed E-state index contributed by atoms with van der Waals surface area (Å²) in [6, 6.07) is 8.08. The van der Waals surface area contributed by atoms with E-state index in [1.165, 1.54) is 7.11 Å². The molecule has 1 saturated carbocycles. The molecule has 0 radical (unpaired) electrons. The van der Waals surface area contributed by atoms with Gasteiger partial charge in [0.05, 0.1) is 26.4 Å². The summed E-state index contributed by atoms with van der Waals surface area (Å²) in [5.74, 6) is -0.866. The topological polar surface area (TPSA) is 88.5 Å². The van der Waals surface area contributed by atoms with Gasteiger partial charge in [-0.15, -0.1) is 0 Å². The van der Waals surface area contributed by atoms with Crippen LogP contribution in [0.1, 0.15) is 39.2 Å². The number of methoxy groups -OCH3 is 1. The molecule has 0 amide bonds. The van der Waals surface area contributed by atoms with Gasteiger partial charge in [0.2, 0.25) is 0 Å². The molecule has 1 saturated heterocycles. The molecule has 33 heavy (non-hydrogen) atoms. The summed E-state index contributed by atoms with van der Waals surface area (Å²) >= 11 is 3.48. The Morgan fingerprint density at radius 1 is 1.21 bits per heavy atom. The van der Waals surface area contributed by atoms with E-state index in [9.17, 15) is 9.90 Å². The smallest absolute Gasteiger partial charge is 0.315 e. The Bertz CT molecular complexity index is 767. The number of benzene rings is 1. The Balaban J connectivity index is 0.00000187. The van der Waals surface area contributed by atoms with E-state index in [-0.39, 0.29) is 6.42 Å². The molecule has 3 atom stereocenters. The molecule has 1 heterocycles. The second kappa shape index (κ2) is 11.6. The first-order chi connectivity index (χ1) is 15.5. The Morgan fingerprint density at radius 2 is 1.79 bits per heavy atom. The quantitative estimate of drug-likeness (QED) is 0.524. The fourth-order valence-corrected chi connectivity index (χ4v) is 5.98. The van der Waals surface area contributed by atoms with Crippen LogP contribution in [0.5, 0.6) is 0 Å². The third-order valence-corrected chi connectivity index (χ3v) is 7.13. The lowest BCUT2D eigenvalue weighted by atomic mass is 9.56. The Labute approximate surface area is 206 Å². The van der Waals surface area contributed by atoms with Crippen molar-refractivity contribution in [1.29, 1.82) is 0 Å². The zero-order valence-electron chi connectivity index (χ0n) is 20.8. The zero-order chi connectivity index (χ0) is 24.9. The van der Waals surface area contributed by atoms with Gasteiger partial charge in [-0.25, -0.2) is 0 Å². The summed E-state index contributed by atoms with van der Waals surface area (Å²) in [5, 5.41) is 18.8. The maximum Gasteiger partial charge on any atom is 0.315 e. The van der Waals surface area contributed by atoms with E-state index in [1.807, 2.05) is 38.2 Å². The number of carbonyl (C=O) groups is 1. The molecular formula is C25H40BrNO6. The Hall–Kier alpha value is -1.03. The summed E-state index contributed by atoms with van der Waals surface area (Å²) in [6.45, 7) is 8.48. The highest BCUT2D eigenvalue weighted by atomic mass is 79.9. The molecule has 3 rings (SSSR count). The van der Waals surface area contributed by atoms with Gasteiger partial charge in [0.25, 0.3) is 0 Å². The van der Waals surface area contributed by atoms with Crippen LogP contribution in [-0.4, -0.2) is 80.5 Å². The van der Waals surface area contributed by atoms with Crippen LogP contribution < -0.4 is 0 Å². The van der Waals surface area contributed by atoms with Crippen LogP contribution in [0.4, 0.5) is 0 Å². The molecule has 8 heteroatoms. The fraction of sp³-hybridized carbons (Fsp3) is 0.720. The second-order valence-corrected chi connectivity index (χ2v) is 11.0. The minimum atomic E-state index is -1.15. The van der Waals surface area contributed by atoms with E-state index in [2.05, 4.69) is 34.7 Å². The number of aliphatic hydroxyl groups excluding tert-OH is 2. The minimum Gasteiger partial charge on any atom is -0.468 e. The summed E-state index contributed by atoms with van der Waals surface area (Å²) in [4.78, 5) is 15.4. The van der Waals surface area contributed by atoms with Crippen LogP contribution in [0, 0.1) is 16.7 Å². The average molecular weight is 531 g/mol. The molecule has 188 valence electrons. The molecule has 2 N–H and O–H groups in total. The maximum absolute atomic E-state index is 13.3. The standard InChI is InChI=1S/C24H36BrNO5.CH4O/c1-17(2)13-26(4)16-23(21(28)29-5)15-24(30-10-11-31-24)14-22(3,20(23)27)12-18-6-8-19(25)9-7-18;1-2/h6-9,17,20,27H,10-16H2,1-5H3;2H,1H3. The molecular weight excluding hydrogens is 490 g/mol. The first-order valence-electron chi connectivity index (χ1n) is 11.5. The van der Waals surface area contributed by atoms with Gasteiger partial charge in [-0.3, -0.25) is 4.79 Å². The van der Waals surface area contributed by atoms with E-state index < -0.39 is 28.7 Å². The molecule has 0 bridgehead atoms. The van der Waals surface area contributed by atoms with Crippen LogP contribution in [0.25, 0.3) is 0 Å². The lowest BCUT2D eigenvalue weighted by Gasteiger charge is -2.55. The molecule has 1 aromatic carbocycles. The van der Waals surface area contributed by atoms with Crippen LogP contribution >= 0.6 is 15.9 Å². The molecule has 1 aliphatic heterocycles. The van der Waals surface area contributed by atoms with Crippen molar-refractivity contribution in [3.05, 3.63) is 34.3 Å². The van der Waals surface area contributed by atoms with Gasteiger partial charge < -0.3 is 29.3 Å². The van der Waals surface area contributed by atoms with Crippen molar-refractivity contribution < 1.29 is 29.2 Å². The van der Waals surface area contributed by atoms with Crippen LogP contribution in [0.2, 0.25) is 0 Å². The highest BCUT2D eigenvalue weighted by Crippen LogP contribution is 2.55. The van der Waals surface area contributed by atoms with E-state index in [0.717, 1.165) is 23.7 Å². The van der Waals surface area contributed by atoms with Gasteiger partial charge in [-0.1, -0.05) is 48.8 Å². The molecule has 1 aliphatic carbocycles. The number of rotatable bonds is 7. The number of carbonyl (C=O) groups excluding carboxylic acids is 1. The average Bonchev–Trinajstić information content (AvgIpc) is 3.20. The normalized spacial score (nSPS) is 28.6. The highest BCUT2D eigenvalue weighted by Gasteiger charge is 2.65. The van der Waals surface area contributed by atoms with Gasteiger partial charge in [0.1, 0.15) is 5.41 Å².